The number of hydrogen-bond donors (Lipinski definition) is 3. The fraction of sp³-hybridized carbons (Fsp3) is 0.375. The Bertz CT molecular complexity index is 445. The van der Waals surface area contributed by atoms with Crippen LogP contribution in [0.1, 0.15) is 11.9 Å². The number of nitrogens with two attached hydrogens (primary N) is 1. The summed E-state index contributed by atoms with van der Waals surface area (Å²) in [5, 5.41) is 13.2. The Morgan fingerprint density at radius 1 is 1.41 bits per heavy atom. The quantitative estimate of drug-likeness (QED) is 0.501. The number of thiocarbonyl (C=S) groups is 1. The van der Waals surface area contributed by atoms with Gasteiger partial charge in [0, 0.05) is 0 Å². The second kappa shape index (κ2) is 6.21. The predicted molar refractivity (Wildman–Crippen MR) is 67.7 cm³/mol. The number of anilines is 1. The molecule has 2 amide bonds. The number of nitrogens with one attached hydrogen (secondary N) is 2. The van der Waals surface area contributed by atoms with Crippen molar-refractivity contribution in [3.63, 3.8) is 0 Å². The standard InChI is InChI=1S/C8H11N5O2S2/c1-2-5-12-13-8(17-5)11-7(15)6(14)10-3-4(9)16/h2-3H2,1H3,(H2,9,16)(H,10,14)(H,11,13,15). The molecule has 1 heterocycles. The zero-order valence-electron chi connectivity index (χ0n) is 9.02. The van der Waals surface area contributed by atoms with E-state index < -0.39 is 11.8 Å². The van der Waals surface area contributed by atoms with Crippen LogP contribution in [0, 0.1) is 0 Å². The zero-order chi connectivity index (χ0) is 12.8. The van der Waals surface area contributed by atoms with Crippen molar-refractivity contribution in [1.29, 1.82) is 0 Å². The van der Waals surface area contributed by atoms with E-state index in [2.05, 4.69) is 33.0 Å². The third-order valence-electron chi connectivity index (χ3n) is 1.62. The number of amides is 2. The fourth-order valence-electron chi connectivity index (χ4n) is 0.849. The average Bonchev–Trinajstić information content (AvgIpc) is 2.73. The molecule has 1 rings (SSSR count). The molecule has 0 spiro atoms. The van der Waals surface area contributed by atoms with Crippen LogP contribution in [0.5, 0.6) is 0 Å². The Hall–Kier alpha value is -1.61. The maximum Gasteiger partial charge on any atom is 0.315 e. The van der Waals surface area contributed by atoms with Gasteiger partial charge in [0.2, 0.25) is 5.13 Å². The van der Waals surface area contributed by atoms with Gasteiger partial charge in [-0.3, -0.25) is 14.9 Å². The summed E-state index contributed by atoms with van der Waals surface area (Å²) in [7, 11) is 0. The normalized spacial score (nSPS) is 9.71. The summed E-state index contributed by atoms with van der Waals surface area (Å²) in [6, 6.07) is 0. The van der Waals surface area contributed by atoms with Gasteiger partial charge >= 0.3 is 11.8 Å². The molecule has 17 heavy (non-hydrogen) atoms. The summed E-state index contributed by atoms with van der Waals surface area (Å²) in [6.07, 6.45) is 0.723. The molecule has 1 aromatic rings. The van der Waals surface area contributed by atoms with Crippen LogP contribution in [0.25, 0.3) is 0 Å². The smallest absolute Gasteiger partial charge is 0.315 e. The third-order valence-corrected chi connectivity index (χ3v) is 2.75. The minimum absolute atomic E-state index is 0.0160. The first kappa shape index (κ1) is 13.5. The zero-order valence-corrected chi connectivity index (χ0v) is 10.7. The van der Waals surface area contributed by atoms with E-state index in [1.807, 2.05) is 6.92 Å². The van der Waals surface area contributed by atoms with E-state index in [9.17, 15) is 9.59 Å². The summed E-state index contributed by atoms with van der Waals surface area (Å²) in [4.78, 5) is 22.7. The lowest BCUT2D eigenvalue weighted by molar-refractivity contribution is -0.135. The third kappa shape index (κ3) is 4.41. The summed E-state index contributed by atoms with van der Waals surface area (Å²) < 4.78 is 0. The Kier molecular flexibility index (Phi) is 4.91. The number of rotatable bonds is 4. The molecule has 0 radical (unpaired) electrons. The van der Waals surface area contributed by atoms with E-state index in [0.29, 0.717) is 0 Å². The highest BCUT2D eigenvalue weighted by atomic mass is 32.1. The van der Waals surface area contributed by atoms with Crippen LogP contribution in [0.15, 0.2) is 0 Å². The van der Waals surface area contributed by atoms with Crippen LogP contribution >= 0.6 is 23.6 Å². The maximum absolute atomic E-state index is 11.4. The molecule has 0 saturated heterocycles. The first-order valence-electron chi connectivity index (χ1n) is 4.72. The summed E-state index contributed by atoms with van der Waals surface area (Å²) >= 11 is 5.78. The van der Waals surface area contributed by atoms with Gasteiger partial charge < -0.3 is 11.1 Å². The molecule has 0 fully saturated rings. The van der Waals surface area contributed by atoms with Crippen molar-refractivity contribution in [2.45, 2.75) is 13.3 Å². The second-order valence-electron chi connectivity index (χ2n) is 2.96. The van der Waals surface area contributed by atoms with Crippen molar-refractivity contribution in [3.05, 3.63) is 5.01 Å². The van der Waals surface area contributed by atoms with E-state index >= 15 is 0 Å². The molecule has 0 aromatic carbocycles. The van der Waals surface area contributed by atoms with Crippen molar-refractivity contribution in [3.8, 4) is 0 Å². The summed E-state index contributed by atoms with van der Waals surface area (Å²) in [5.41, 5.74) is 5.18. The van der Waals surface area contributed by atoms with Crippen molar-refractivity contribution >= 4 is 45.5 Å². The topological polar surface area (TPSA) is 110 Å². The van der Waals surface area contributed by atoms with E-state index in [1.165, 1.54) is 11.3 Å². The molecule has 0 atom stereocenters. The molecule has 9 heteroatoms. The molecule has 0 aliphatic heterocycles. The van der Waals surface area contributed by atoms with Crippen molar-refractivity contribution in [2.24, 2.45) is 5.73 Å². The van der Waals surface area contributed by atoms with Crippen molar-refractivity contribution in [1.82, 2.24) is 15.5 Å². The van der Waals surface area contributed by atoms with Crippen LogP contribution in [0.3, 0.4) is 0 Å². The average molecular weight is 273 g/mol. The number of hydrogen-bond acceptors (Lipinski definition) is 6. The highest BCUT2D eigenvalue weighted by molar-refractivity contribution is 7.80. The van der Waals surface area contributed by atoms with E-state index in [1.54, 1.807) is 0 Å². The van der Waals surface area contributed by atoms with E-state index in [0.717, 1.165) is 11.4 Å². The first-order chi connectivity index (χ1) is 8.02. The predicted octanol–water partition coefficient (Wildman–Crippen LogP) is -0.559. The molecule has 0 saturated carbocycles. The lowest BCUT2D eigenvalue weighted by Crippen LogP contribution is -2.39. The van der Waals surface area contributed by atoms with Crippen LogP contribution < -0.4 is 16.4 Å². The Balaban J connectivity index is 2.48. The van der Waals surface area contributed by atoms with Gasteiger partial charge in [-0.2, -0.15) is 0 Å². The minimum Gasteiger partial charge on any atom is -0.392 e. The highest BCUT2D eigenvalue weighted by Gasteiger charge is 2.15. The molecule has 4 N–H and O–H groups in total. The molecule has 92 valence electrons. The van der Waals surface area contributed by atoms with Crippen molar-refractivity contribution in [2.75, 3.05) is 11.9 Å². The number of aromatic nitrogens is 2. The Labute approximate surface area is 107 Å². The van der Waals surface area contributed by atoms with Gasteiger partial charge in [-0.15, -0.1) is 10.2 Å². The summed E-state index contributed by atoms with van der Waals surface area (Å²) in [6.45, 7) is 1.90. The summed E-state index contributed by atoms with van der Waals surface area (Å²) in [5.74, 6) is -1.63. The first-order valence-corrected chi connectivity index (χ1v) is 5.95. The van der Waals surface area contributed by atoms with Gasteiger partial charge in [0.1, 0.15) is 5.01 Å². The highest BCUT2D eigenvalue weighted by Crippen LogP contribution is 2.14. The van der Waals surface area contributed by atoms with Crippen LogP contribution in [0.4, 0.5) is 5.13 Å². The molecule has 7 nitrogen and oxygen atoms in total. The van der Waals surface area contributed by atoms with Gasteiger partial charge in [0.15, 0.2) is 0 Å². The molecule has 0 bridgehead atoms. The monoisotopic (exact) mass is 273 g/mol. The molecular weight excluding hydrogens is 262 g/mol. The molecule has 0 aliphatic rings. The Morgan fingerprint density at radius 2 is 2.12 bits per heavy atom. The number of carbonyl (C=O) groups excluding carboxylic acids is 2. The molecule has 1 aromatic heterocycles. The van der Waals surface area contributed by atoms with E-state index in [4.69, 9.17) is 5.73 Å². The van der Waals surface area contributed by atoms with Gasteiger partial charge in [0.05, 0.1) is 11.5 Å². The van der Waals surface area contributed by atoms with E-state index in [-0.39, 0.29) is 16.7 Å². The van der Waals surface area contributed by atoms with Crippen LogP contribution in [-0.2, 0) is 16.0 Å². The van der Waals surface area contributed by atoms with Gasteiger partial charge in [-0.25, -0.2) is 0 Å². The SMILES string of the molecule is CCc1nnc(NC(=O)C(=O)NCC(N)=S)s1. The lowest BCUT2D eigenvalue weighted by atomic mass is 10.5. The minimum atomic E-state index is -0.819. The van der Waals surface area contributed by atoms with Crippen LogP contribution in [-0.4, -0.2) is 33.5 Å². The number of nitrogens with zero attached hydrogens (tertiary/aromatic N) is 2. The number of carbonyl (C=O) groups is 2. The Morgan fingerprint density at radius 3 is 2.65 bits per heavy atom. The van der Waals surface area contributed by atoms with Gasteiger partial charge in [-0.1, -0.05) is 30.5 Å². The molecular formula is C8H11N5O2S2. The maximum atomic E-state index is 11.4. The molecule has 0 aliphatic carbocycles. The van der Waals surface area contributed by atoms with Crippen molar-refractivity contribution < 1.29 is 9.59 Å². The fourth-order valence-corrected chi connectivity index (χ4v) is 1.60. The van der Waals surface area contributed by atoms with Crippen LogP contribution in [0.2, 0.25) is 0 Å². The van der Waals surface area contributed by atoms with Gasteiger partial charge in [-0.05, 0) is 6.42 Å². The van der Waals surface area contributed by atoms with Gasteiger partial charge in [0.25, 0.3) is 0 Å². The largest absolute Gasteiger partial charge is 0.392 e. The second-order valence-corrected chi connectivity index (χ2v) is 4.54. The lowest BCUT2D eigenvalue weighted by Gasteiger charge is -2.02. The molecule has 0 unspecified atom stereocenters. The number of aryl methyl sites for hydroxylation is 1.